The number of aromatic nitrogens is 2. The average molecular weight is 259 g/mol. The molecule has 19 heavy (non-hydrogen) atoms. The summed E-state index contributed by atoms with van der Waals surface area (Å²) >= 11 is 0. The monoisotopic (exact) mass is 259 g/mol. The minimum atomic E-state index is -0.488. The molecule has 5 heteroatoms. The van der Waals surface area contributed by atoms with Gasteiger partial charge in [0.05, 0.1) is 11.8 Å². The van der Waals surface area contributed by atoms with Gasteiger partial charge in [-0.05, 0) is 30.7 Å². The van der Waals surface area contributed by atoms with Crippen LogP contribution in [-0.2, 0) is 0 Å². The lowest BCUT2D eigenvalue weighted by molar-refractivity contribution is 0.0821. The molecule has 0 radical (unpaired) electrons. The summed E-state index contributed by atoms with van der Waals surface area (Å²) in [6.07, 6.45) is 1.26. The number of amides is 1. The summed E-state index contributed by atoms with van der Waals surface area (Å²) in [5, 5.41) is 13.7. The lowest BCUT2D eigenvalue weighted by atomic mass is 10.1. The van der Waals surface area contributed by atoms with Gasteiger partial charge in [-0.1, -0.05) is 12.1 Å². The van der Waals surface area contributed by atoms with Crippen LogP contribution in [-0.4, -0.2) is 39.8 Å². The Morgan fingerprint density at radius 3 is 2.42 bits per heavy atom. The van der Waals surface area contributed by atoms with Crippen LogP contribution in [0.1, 0.15) is 29.1 Å². The molecule has 0 aliphatic rings. The van der Waals surface area contributed by atoms with Gasteiger partial charge in [-0.3, -0.25) is 4.79 Å². The van der Waals surface area contributed by atoms with E-state index in [0.717, 1.165) is 11.3 Å². The van der Waals surface area contributed by atoms with Gasteiger partial charge in [0.1, 0.15) is 0 Å². The molecule has 0 aliphatic heterocycles. The fourth-order valence-corrected chi connectivity index (χ4v) is 1.72. The second kappa shape index (κ2) is 5.24. The zero-order valence-electron chi connectivity index (χ0n) is 11.2. The van der Waals surface area contributed by atoms with Crippen molar-refractivity contribution in [1.82, 2.24) is 14.7 Å². The third-order valence-electron chi connectivity index (χ3n) is 2.85. The van der Waals surface area contributed by atoms with Gasteiger partial charge in [0.2, 0.25) is 0 Å². The number of rotatable bonds is 3. The van der Waals surface area contributed by atoms with E-state index in [-0.39, 0.29) is 5.91 Å². The Hall–Kier alpha value is -2.14. The highest BCUT2D eigenvalue weighted by molar-refractivity contribution is 5.91. The minimum Gasteiger partial charge on any atom is -0.389 e. The van der Waals surface area contributed by atoms with Crippen LogP contribution in [0.2, 0.25) is 0 Å². The number of hydrogen-bond acceptors (Lipinski definition) is 3. The molecule has 0 saturated carbocycles. The minimum absolute atomic E-state index is 0.126. The molecule has 1 amide bonds. The second-order valence-electron chi connectivity index (χ2n) is 4.61. The van der Waals surface area contributed by atoms with E-state index in [4.69, 9.17) is 0 Å². The van der Waals surface area contributed by atoms with Crippen LogP contribution in [0.5, 0.6) is 0 Å². The molecule has 1 N–H and O–H groups in total. The number of benzene rings is 1. The van der Waals surface area contributed by atoms with Crippen molar-refractivity contribution in [3.63, 3.8) is 0 Å². The normalized spacial score (nSPS) is 12.2. The van der Waals surface area contributed by atoms with Crippen molar-refractivity contribution < 1.29 is 9.90 Å². The molecule has 0 saturated heterocycles. The summed E-state index contributed by atoms with van der Waals surface area (Å²) in [5.41, 5.74) is 2.10. The first-order chi connectivity index (χ1) is 8.99. The summed E-state index contributed by atoms with van der Waals surface area (Å²) < 4.78 is 1.64. The van der Waals surface area contributed by atoms with Crippen molar-refractivity contribution in [3.8, 4) is 5.69 Å². The van der Waals surface area contributed by atoms with Gasteiger partial charge in [0.25, 0.3) is 5.91 Å². The summed E-state index contributed by atoms with van der Waals surface area (Å²) in [7, 11) is 3.39. The molecule has 1 aromatic carbocycles. The van der Waals surface area contributed by atoms with Gasteiger partial charge in [-0.2, -0.15) is 5.10 Å². The van der Waals surface area contributed by atoms with Gasteiger partial charge in [0.15, 0.2) is 5.69 Å². The smallest absolute Gasteiger partial charge is 0.273 e. The zero-order valence-corrected chi connectivity index (χ0v) is 11.2. The number of aliphatic hydroxyl groups is 1. The predicted molar refractivity (Wildman–Crippen MR) is 72.2 cm³/mol. The van der Waals surface area contributed by atoms with Crippen LogP contribution in [0.25, 0.3) is 5.69 Å². The lowest BCUT2D eigenvalue weighted by Gasteiger charge is -2.08. The van der Waals surface area contributed by atoms with Crippen molar-refractivity contribution in [2.45, 2.75) is 13.0 Å². The topological polar surface area (TPSA) is 58.4 Å². The van der Waals surface area contributed by atoms with E-state index < -0.39 is 6.10 Å². The van der Waals surface area contributed by atoms with Gasteiger partial charge in [-0.25, -0.2) is 4.68 Å². The van der Waals surface area contributed by atoms with Crippen LogP contribution in [0, 0.1) is 0 Å². The van der Waals surface area contributed by atoms with Gasteiger partial charge in [0, 0.05) is 20.3 Å². The first-order valence-corrected chi connectivity index (χ1v) is 6.05. The highest BCUT2D eigenvalue weighted by atomic mass is 16.3. The number of carbonyl (C=O) groups excluding carboxylic acids is 1. The van der Waals surface area contributed by atoms with E-state index >= 15 is 0 Å². The van der Waals surface area contributed by atoms with Gasteiger partial charge < -0.3 is 10.0 Å². The molecule has 2 rings (SSSR count). The first kappa shape index (κ1) is 13.3. The average Bonchev–Trinajstić information content (AvgIpc) is 2.87. The maximum atomic E-state index is 11.7. The van der Waals surface area contributed by atoms with E-state index in [1.165, 1.54) is 4.90 Å². The zero-order chi connectivity index (χ0) is 14.0. The van der Waals surface area contributed by atoms with Gasteiger partial charge in [-0.15, -0.1) is 0 Å². The largest absolute Gasteiger partial charge is 0.389 e. The maximum absolute atomic E-state index is 11.7. The molecule has 1 aromatic heterocycles. The Morgan fingerprint density at radius 1 is 1.26 bits per heavy atom. The number of hydrogen-bond donors (Lipinski definition) is 1. The first-order valence-electron chi connectivity index (χ1n) is 6.05. The van der Waals surface area contributed by atoms with E-state index in [1.54, 1.807) is 38.0 Å². The maximum Gasteiger partial charge on any atom is 0.273 e. The van der Waals surface area contributed by atoms with Crippen LogP contribution in [0.4, 0.5) is 0 Å². The molecule has 5 nitrogen and oxygen atoms in total. The molecule has 1 heterocycles. The summed E-state index contributed by atoms with van der Waals surface area (Å²) in [6, 6.07) is 9.09. The molecule has 2 aromatic rings. The Balaban J connectivity index is 2.25. The Kier molecular flexibility index (Phi) is 3.66. The van der Waals surface area contributed by atoms with Crippen LogP contribution in [0.3, 0.4) is 0 Å². The Bertz CT molecular complexity index is 571. The van der Waals surface area contributed by atoms with Crippen LogP contribution < -0.4 is 0 Å². The molecule has 100 valence electrons. The Morgan fingerprint density at radius 2 is 1.89 bits per heavy atom. The second-order valence-corrected chi connectivity index (χ2v) is 4.61. The highest BCUT2D eigenvalue weighted by Gasteiger charge is 2.11. The van der Waals surface area contributed by atoms with E-state index in [2.05, 4.69) is 5.10 Å². The molecule has 1 atom stereocenters. The van der Waals surface area contributed by atoms with Crippen molar-refractivity contribution in [2.75, 3.05) is 14.1 Å². The molecular formula is C14H17N3O2. The SMILES string of the molecule is C[C@H](O)c1ccc(-n2ccc(C(=O)N(C)C)n2)cc1. The van der Waals surface area contributed by atoms with Crippen molar-refractivity contribution in [1.29, 1.82) is 0 Å². The van der Waals surface area contributed by atoms with E-state index in [9.17, 15) is 9.90 Å². The summed E-state index contributed by atoms with van der Waals surface area (Å²) in [4.78, 5) is 13.2. The van der Waals surface area contributed by atoms with Crippen molar-refractivity contribution in [3.05, 3.63) is 47.8 Å². The summed E-state index contributed by atoms with van der Waals surface area (Å²) in [6.45, 7) is 1.72. The molecule has 0 bridgehead atoms. The fourth-order valence-electron chi connectivity index (χ4n) is 1.72. The number of aliphatic hydroxyl groups excluding tert-OH is 1. The fraction of sp³-hybridized carbons (Fsp3) is 0.286. The quantitative estimate of drug-likeness (QED) is 0.911. The third kappa shape index (κ3) is 2.82. The number of carbonyl (C=O) groups is 1. The van der Waals surface area contributed by atoms with Crippen molar-refractivity contribution in [2.24, 2.45) is 0 Å². The number of nitrogens with zero attached hydrogens (tertiary/aromatic N) is 3. The lowest BCUT2D eigenvalue weighted by Crippen LogP contribution is -2.22. The van der Waals surface area contributed by atoms with E-state index in [1.807, 2.05) is 24.3 Å². The molecule has 0 fully saturated rings. The molecular weight excluding hydrogens is 242 g/mol. The van der Waals surface area contributed by atoms with Crippen molar-refractivity contribution >= 4 is 5.91 Å². The Labute approximate surface area is 112 Å². The molecule has 0 spiro atoms. The molecule has 0 unspecified atom stereocenters. The summed E-state index contributed by atoms with van der Waals surface area (Å²) in [5.74, 6) is -0.126. The van der Waals surface area contributed by atoms with Crippen LogP contribution in [0.15, 0.2) is 36.5 Å². The highest BCUT2D eigenvalue weighted by Crippen LogP contribution is 2.15. The third-order valence-corrected chi connectivity index (χ3v) is 2.85. The molecule has 0 aliphatic carbocycles. The van der Waals surface area contributed by atoms with E-state index in [0.29, 0.717) is 5.69 Å². The standard InChI is InChI=1S/C14H17N3O2/c1-10(18)11-4-6-12(7-5-11)17-9-8-13(15-17)14(19)16(2)3/h4-10,18H,1-3H3/t10-/m0/s1. The van der Waals surface area contributed by atoms with Gasteiger partial charge >= 0.3 is 0 Å². The van der Waals surface area contributed by atoms with Crippen LogP contribution >= 0.6 is 0 Å². The predicted octanol–water partition coefficient (Wildman–Crippen LogP) is 1.63.